The Labute approximate surface area is 163 Å². The summed E-state index contributed by atoms with van der Waals surface area (Å²) in [7, 11) is -0.220. The summed E-state index contributed by atoms with van der Waals surface area (Å²) >= 11 is 0. The van der Waals surface area contributed by atoms with E-state index in [1.165, 1.54) is 12.8 Å². The van der Waals surface area contributed by atoms with Gasteiger partial charge in [0.05, 0.1) is 11.2 Å². The zero-order valence-corrected chi connectivity index (χ0v) is 17.3. The molecular weight excluding hydrogens is 343 g/mol. The average Bonchev–Trinajstić information content (AvgIpc) is 3.28. The van der Waals surface area contributed by atoms with Crippen LogP contribution in [-0.4, -0.2) is 61.6 Å². The highest BCUT2D eigenvalue weighted by molar-refractivity contribution is 6.47. The number of rotatable bonds is 4. The quantitative estimate of drug-likeness (QED) is 0.764. The van der Waals surface area contributed by atoms with Crippen LogP contribution in [0.4, 0.5) is 4.79 Å². The molecule has 152 valence electrons. The predicted octanol–water partition coefficient (Wildman–Crippen LogP) is 3.07. The van der Waals surface area contributed by atoms with Crippen molar-refractivity contribution in [3.63, 3.8) is 0 Å². The van der Waals surface area contributed by atoms with E-state index in [1.54, 1.807) is 0 Å². The van der Waals surface area contributed by atoms with E-state index in [2.05, 4.69) is 33.0 Å². The molecule has 4 fully saturated rings. The number of amides is 2. The lowest BCUT2D eigenvalue weighted by Gasteiger charge is -2.32. The van der Waals surface area contributed by atoms with Gasteiger partial charge in [0.25, 0.3) is 0 Å². The van der Waals surface area contributed by atoms with Gasteiger partial charge in [-0.1, -0.05) is 0 Å². The van der Waals surface area contributed by atoms with Gasteiger partial charge in [-0.25, -0.2) is 4.79 Å². The summed E-state index contributed by atoms with van der Waals surface area (Å²) in [4.78, 5) is 14.9. The summed E-state index contributed by atoms with van der Waals surface area (Å²) in [5, 5.41) is 3.38. The van der Waals surface area contributed by atoms with Crippen LogP contribution >= 0.6 is 0 Å². The minimum atomic E-state index is -0.312. The third-order valence-electron chi connectivity index (χ3n) is 7.36. The maximum Gasteiger partial charge on any atom is 0.463 e. The number of nitrogens with zero attached hydrogens (tertiary/aromatic N) is 1. The van der Waals surface area contributed by atoms with Gasteiger partial charge in [0.15, 0.2) is 0 Å². The Kier molecular flexibility index (Phi) is 5.23. The molecule has 0 radical (unpaired) electrons. The monoisotopic (exact) mass is 378 g/mol. The topological polar surface area (TPSA) is 60.0 Å². The van der Waals surface area contributed by atoms with E-state index >= 15 is 0 Å². The highest BCUT2D eigenvalue weighted by Gasteiger charge is 2.55. The van der Waals surface area contributed by atoms with Crippen LogP contribution in [0.2, 0.25) is 5.82 Å². The standard InChI is InChI=1S/C20H35BN2O4/c1-19(2)20(3,4)27-21(26-19)16-7-10-23(13-16)18(24)22-17(14-5-6-14)15-8-11-25-12-9-15/h14-17H,5-13H2,1-4H3,(H,22,24). The van der Waals surface area contributed by atoms with Crippen molar-refractivity contribution in [1.29, 1.82) is 0 Å². The van der Waals surface area contributed by atoms with Crippen molar-refractivity contribution in [2.75, 3.05) is 26.3 Å². The van der Waals surface area contributed by atoms with Crippen LogP contribution in [-0.2, 0) is 14.0 Å². The van der Waals surface area contributed by atoms with Crippen molar-refractivity contribution in [3.05, 3.63) is 0 Å². The lowest BCUT2D eigenvalue weighted by molar-refractivity contribution is 0.00578. The summed E-state index contributed by atoms with van der Waals surface area (Å²) in [6, 6.07) is 0.412. The molecule has 4 rings (SSSR count). The van der Waals surface area contributed by atoms with E-state index in [-0.39, 0.29) is 30.2 Å². The number of urea groups is 1. The van der Waals surface area contributed by atoms with E-state index in [9.17, 15) is 4.79 Å². The van der Waals surface area contributed by atoms with E-state index < -0.39 is 0 Å². The van der Waals surface area contributed by atoms with Crippen molar-refractivity contribution in [2.24, 2.45) is 11.8 Å². The van der Waals surface area contributed by atoms with Crippen molar-refractivity contribution in [1.82, 2.24) is 10.2 Å². The van der Waals surface area contributed by atoms with Crippen LogP contribution in [0.5, 0.6) is 0 Å². The molecule has 2 amide bonds. The summed E-state index contributed by atoms with van der Waals surface area (Å²) in [6.07, 6.45) is 5.57. The van der Waals surface area contributed by atoms with Crippen LogP contribution in [0.3, 0.4) is 0 Å². The summed E-state index contributed by atoms with van der Waals surface area (Å²) in [5.41, 5.74) is -0.624. The fourth-order valence-corrected chi connectivity index (χ4v) is 4.66. The molecule has 1 N–H and O–H groups in total. The third-order valence-corrected chi connectivity index (χ3v) is 7.36. The Hall–Kier alpha value is -0.785. The van der Waals surface area contributed by atoms with Gasteiger partial charge in [0.2, 0.25) is 0 Å². The lowest BCUT2D eigenvalue weighted by atomic mass is 9.71. The fourth-order valence-electron chi connectivity index (χ4n) is 4.66. The van der Waals surface area contributed by atoms with E-state index in [0.717, 1.165) is 39.0 Å². The Bertz CT molecular complexity index is 544. The Balaban J connectivity index is 1.32. The van der Waals surface area contributed by atoms with Gasteiger partial charge in [0, 0.05) is 38.2 Å². The number of carbonyl (C=O) groups excluding carboxylic acids is 1. The predicted molar refractivity (Wildman–Crippen MR) is 105 cm³/mol. The highest BCUT2D eigenvalue weighted by atomic mass is 16.7. The largest absolute Gasteiger partial charge is 0.463 e. The molecule has 27 heavy (non-hydrogen) atoms. The van der Waals surface area contributed by atoms with Crippen LogP contribution in [0, 0.1) is 11.8 Å². The van der Waals surface area contributed by atoms with Crippen LogP contribution in [0.15, 0.2) is 0 Å². The molecule has 6 nitrogen and oxygen atoms in total. The normalized spacial score (nSPS) is 31.9. The zero-order valence-electron chi connectivity index (χ0n) is 17.3. The first kappa shape index (κ1) is 19.5. The Morgan fingerprint density at radius 1 is 1.00 bits per heavy atom. The molecule has 0 aromatic carbocycles. The summed E-state index contributed by atoms with van der Waals surface area (Å²) < 4.78 is 17.9. The Morgan fingerprint density at radius 2 is 1.59 bits per heavy atom. The molecule has 3 aliphatic heterocycles. The second kappa shape index (κ2) is 7.23. The molecule has 2 atom stereocenters. The molecule has 0 aromatic rings. The van der Waals surface area contributed by atoms with Gasteiger partial charge in [0.1, 0.15) is 0 Å². The first-order chi connectivity index (χ1) is 12.8. The van der Waals surface area contributed by atoms with Gasteiger partial charge in [-0.3, -0.25) is 0 Å². The number of ether oxygens (including phenoxy) is 1. The number of hydrogen-bond acceptors (Lipinski definition) is 4. The van der Waals surface area contributed by atoms with Crippen LogP contribution < -0.4 is 5.32 Å². The van der Waals surface area contributed by atoms with Gasteiger partial charge in [-0.2, -0.15) is 0 Å². The summed E-state index contributed by atoms with van der Waals surface area (Å²) in [5.74, 6) is 1.48. The molecule has 0 bridgehead atoms. The maximum atomic E-state index is 12.9. The van der Waals surface area contributed by atoms with Crippen molar-refractivity contribution in [3.8, 4) is 0 Å². The molecular formula is C20H35BN2O4. The number of carbonyl (C=O) groups is 1. The first-order valence-electron chi connectivity index (χ1n) is 10.8. The molecule has 1 aliphatic carbocycles. The van der Waals surface area contributed by atoms with Gasteiger partial charge < -0.3 is 24.3 Å². The minimum Gasteiger partial charge on any atom is -0.403 e. The second-order valence-electron chi connectivity index (χ2n) is 9.88. The van der Waals surface area contributed by atoms with Crippen molar-refractivity contribution < 1.29 is 18.8 Å². The zero-order chi connectivity index (χ0) is 19.2. The first-order valence-corrected chi connectivity index (χ1v) is 10.8. The highest BCUT2D eigenvalue weighted by Crippen LogP contribution is 2.42. The third kappa shape index (κ3) is 4.01. The van der Waals surface area contributed by atoms with E-state index in [0.29, 0.717) is 24.4 Å². The molecule has 2 unspecified atom stereocenters. The lowest BCUT2D eigenvalue weighted by Crippen LogP contribution is -2.49. The van der Waals surface area contributed by atoms with Crippen molar-refractivity contribution in [2.45, 2.75) is 82.9 Å². The smallest absolute Gasteiger partial charge is 0.403 e. The molecule has 3 heterocycles. The number of nitrogens with one attached hydrogen (secondary N) is 1. The Morgan fingerprint density at radius 3 is 2.19 bits per heavy atom. The molecule has 7 heteroatoms. The fraction of sp³-hybridized carbons (Fsp3) is 0.950. The van der Waals surface area contributed by atoms with E-state index in [4.69, 9.17) is 14.0 Å². The molecule has 4 aliphatic rings. The average molecular weight is 378 g/mol. The van der Waals surface area contributed by atoms with Gasteiger partial charge in [-0.05, 0) is 71.6 Å². The van der Waals surface area contributed by atoms with Gasteiger partial charge >= 0.3 is 13.1 Å². The summed E-state index contributed by atoms with van der Waals surface area (Å²) in [6.45, 7) is 11.5. The second-order valence-corrected chi connectivity index (χ2v) is 9.88. The molecule has 0 aromatic heterocycles. The minimum absolute atomic E-state index is 0.0948. The van der Waals surface area contributed by atoms with Crippen LogP contribution in [0.25, 0.3) is 0 Å². The maximum absolute atomic E-state index is 12.9. The van der Waals surface area contributed by atoms with Gasteiger partial charge in [-0.15, -0.1) is 0 Å². The molecule has 1 saturated carbocycles. The number of likely N-dealkylation sites (tertiary alicyclic amines) is 1. The van der Waals surface area contributed by atoms with Crippen LogP contribution in [0.1, 0.15) is 59.8 Å². The van der Waals surface area contributed by atoms with E-state index in [1.807, 2.05) is 4.90 Å². The van der Waals surface area contributed by atoms with Crippen molar-refractivity contribution >= 4 is 13.1 Å². The molecule has 0 spiro atoms. The number of hydrogen-bond donors (Lipinski definition) is 1. The SMILES string of the molecule is CC1(C)OB(C2CCN(C(=O)NC(C3CCOCC3)C3CC3)C2)OC1(C)C. The molecule has 3 saturated heterocycles.